The van der Waals surface area contributed by atoms with E-state index in [-0.39, 0.29) is 16.0 Å². The van der Waals surface area contributed by atoms with Crippen molar-refractivity contribution in [2.75, 3.05) is 26.7 Å². The topological polar surface area (TPSA) is 58.6 Å². The van der Waals surface area contributed by atoms with E-state index in [0.717, 1.165) is 11.1 Å². The Morgan fingerprint density at radius 2 is 1.96 bits per heavy atom. The molecule has 1 heterocycles. The predicted molar refractivity (Wildman–Crippen MR) is 98.7 cm³/mol. The molecule has 5 nitrogen and oxygen atoms in total. The molecule has 0 amide bonds. The van der Waals surface area contributed by atoms with E-state index in [0.29, 0.717) is 25.4 Å². The second kappa shape index (κ2) is 7.33. The fourth-order valence-corrected chi connectivity index (χ4v) is 5.29. The summed E-state index contributed by atoms with van der Waals surface area (Å²) in [6.45, 7) is 3.28. The lowest BCUT2D eigenvalue weighted by atomic mass is 10.0. The van der Waals surface area contributed by atoms with Gasteiger partial charge in [-0.25, -0.2) is 8.42 Å². The van der Waals surface area contributed by atoms with E-state index >= 15 is 0 Å². The van der Waals surface area contributed by atoms with Crippen molar-refractivity contribution in [3.63, 3.8) is 0 Å². The summed E-state index contributed by atoms with van der Waals surface area (Å²) in [6.07, 6.45) is 0. The number of piperazine rings is 1. The molecular formula is C18H21ClN2O3S. The van der Waals surface area contributed by atoms with Crippen LogP contribution < -0.4 is 10.1 Å². The average Bonchev–Trinajstić information content (AvgIpc) is 2.63. The zero-order valence-electron chi connectivity index (χ0n) is 14.2. The molecular weight excluding hydrogens is 360 g/mol. The van der Waals surface area contributed by atoms with Crippen molar-refractivity contribution in [2.24, 2.45) is 0 Å². The maximum atomic E-state index is 13.3. The summed E-state index contributed by atoms with van der Waals surface area (Å²) in [5.41, 5.74) is 1.58. The number of para-hydroxylation sites is 1. The average molecular weight is 381 g/mol. The van der Waals surface area contributed by atoms with Gasteiger partial charge in [0, 0.05) is 25.2 Å². The van der Waals surface area contributed by atoms with E-state index in [1.807, 2.05) is 24.3 Å². The molecule has 0 radical (unpaired) electrons. The highest BCUT2D eigenvalue weighted by molar-refractivity contribution is 7.89. The largest absolute Gasteiger partial charge is 0.496 e. The zero-order valence-corrected chi connectivity index (χ0v) is 15.8. The highest BCUT2D eigenvalue weighted by Crippen LogP contribution is 2.36. The number of halogens is 1. The standard InChI is InChI=1S/C18H21ClN2O3S/c1-13-6-5-9-17(18(13)19)25(22,23)21-11-10-20-12-15(21)14-7-3-4-8-16(14)24-2/h3-9,15,20H,10-12H2,1-2H3. The number of aryl methyl sites for hydroxylation is 1. The molecule has 25 heavy (non-hydrogen) atoms. The van der Waals surface area contributed by atoms with Gasteiger partial charge in [-0.3, -0.25) is 0 Å². The van der Waals surface area contributed by atoms with Gasteiger partial charge >= 0.3 is 0 Å². The van der Waals surface area contributed by atoms with Crippen LogP contribution in [0.4, 0.5) is 0 Å². The van der Waals surface area contributed by atoms with Crippen LogP contribution in [0.15, 0.2) is 47.4 Å². The van der Waals surface area contributed by atoms with E-state index in [9.17, 15) is 8.42 Å². The molecule has 1 N–H and O–H groups in total. The summed E-state index contributed by atoms with van der Waals surface area (Å²) in [6, 6.07) is 12.2. The third kappa shape index (κ3) is 3.40. The van der Waals surface area contributed by atoms with Gasteiger partial charge in [-0.1, -0.05) is 41.9 Å². The summed E-state index contributed by atoms with van der Waals surface area (Å²) in [5, 5.41) is 3.55. The lowest BCUT2D eigenvalue weighted by Crippen LogP contribution is -2.48. The number of hydrogen-bond donors (Lipinski definition) is 1. The maximum Gasteiger partial charge on any atom is 0.245 e. The minimum absolute atomic E-state index is 0.149. The first-order chi connectivity index (χ1) is 12.0. The minimum atomic E-state index is -3.73. The lowest BCUT2D eigenvalue weighted by Gasteiger charge is -2.36. The first kappa shape index (κ1) is 18.2. The molecule has 134 valence electrons. The minimum Gasteiger partial charge on any atom is -0.496 e. The Bertz CT molecular complexity index is 870. The van der Waals surface area contributed by atoms with Crippen LogP contribution in [0.1, 0.15) is 17.2 Å². The number of rotatable bonds is 4. The van der Waals surface area contributed by atoms with Crippen LogP contribution in [-0.4, -0.2) is 39.5 Å². The first-order valence-corrected chi connectivity index (χ1v) is 9.89. The molecule has 7 heteroatoms. The number of hydrogen-bond acceptors (Lipinski definition) is 4. The van der Waals surface area contributed by atoms with Gasteiger partial charge in [0.05, 0.1) is 18.2 Å². The molecule has 1 unspecified atom stereocenters. The van der Waals surface area contributed by atoms with Crippen LogP contribution in [0, 0.1) is 6.92 Å². The van der Waals surface area contributed by atoms with Crippen molar-refractivity contribution in [1.29, 1.82) is 0 Å². The van der Waals surface area contributed by atoms with E-state index in [2.05, 4.69) is 5.32 Å². The highest BCUT2D eigenvalue weighted by atomic mass is 35.5. The van der Waals surface area contributed by atoms with Crippen molar-refractivity contribution in [3.05, 3.63) is 58.6 Å². The van der Waals surface area contributed by atoms with Crippen LogP contribution in [0.5, 0.6) is 5.75 Å². The first-order valence-electron chi connectivity index (χ1n) is 8.07. The van der Waals surface area contributed by atoms with Crippen molar-refractivity contribution < 1.29 is 13.2 Å². The van der Waals surface area contributed by atoms with Gasteiger partial charge in [0.15, 0.2) is 0 Å². The van der Waals surface area contributed by atoms with Crippen LogP contribution in [-0.2, 0) is 10.0 Å². The van der Waals surface area contributed by atoms with E-state index in [4.69, 9.17) is 16.3 Å². The number of sulfonamides is 1. The van der Waals surface area contributed by atoms with Crippen LogP contribution in [0.2, 0.25) is 5.02 Å². The Morgan fingerprint density at radius 3 is 2.72 bits per heavy atom. The SMILES string of the molecule is COc1ccccc1C1CNCCN1S(=O)(=O)c1cccc(C)c1Cl. The van der Waals surface area contributed by atoms with Crippen molar-refractivity contribution in [1.82, 2.24) is 9.62 Å². The fourth-order valence-electron chi connectivity index (χ4n) is 3.13. The van der Waals surface area contributed by atoms with E-state index in [1.54, 1.807) is 32.2 Å². The monoisotopic (exact) mass is 380 g/mol. The zero-order chi connectivity index (χ0) is 18.0. The lowest BCUT2D eigenvalue weighted by molar-refractivity contribution is 0.264. The Labute approximate surface area is 153 Å². The molecule has 1 aliphatic rings. The molecule has 2 aromatic carbocycles. The molecule has 0 bridgehead atoms. The Kier molecular flexibility index (Phi) is 5.34. The number of nitrogens with one attached hydrogen (secondary N) is 1. The van der Waals surface area contributed by atoms with E-state index in [1.165, 1.54) is 4.31 Å². The van der Waals surface area contributed by atoms with Gasteiger partial charge in [-0.15, -0.1) is 0 Å². The van der Waals surface area contributed by atoms with Gasteiger partial charge in [-0.05, 0) is 24.6 Å². The maximum absolute atomic E-state index is 13.3. The Balaban J connectivity index is 2.08. The summed E-state index contributed by atoms with van der Waals surface area (Å²) in [7, 11) is -2.14. The summed E-state index contributed by atoms with van der Waals surface area (Å²) in [5.74, 6) is 0.673. The second-order valence-corrected chi connectivity index (χ2v) is 8.20. The van der Waals surface area contributed by atoms with Crippen LogP contribution in [0.3, 0.4) is 0 Å². The quantitative estimate of drug-likeness (QED) is 0.885. The van der Waals surface area contributed by atoms with Gasteiger partial charge in [0.2, 0.25) is 10.0 Å². The molecule has 2 aromatic rings. The summed E-state index contributed by atoms with van der Waals surface area (Å²) < 4.78 is 33.6. The second-order valence-electron chi connectivity index (χ2n) is 5.96. The van der Waals surface area contributed by atoms with Gasteiger partial charge in [0.1, 0.15) is 10.6 Å². The van der Waals surface area contributed by atoms with Crippen LogP contribution >= 0.6 is 11.6 Å². The molecule has 0 saturated carbocycles. The molecule has 1 aliphatic heterocycles. The Hall–Kier alpha value is -1.60. The van der Waals surface area contributed by atoms with Crippen molar-refractivity contribution >= 4 is 21.6 Å². The molecule has 1 saturated heterocycles. The third-order valence-corrected chi connectivity index (χ3v) is 7.00. The smallest absolute Gasteiger partial charge is 0.245 e. The normalized spacial score (nSPS) is 18.9. The number of benzene rings is 2. The van der Waals surface area contributed by atoms with Crippen LogP contribution in [0.25, 0.3) is 0 Å². The fraction of sp³-hybridized carbons (Fsp3) is 0.333. The summed E-state index contributed by atoms with van der Waals surface area (Å²) >= 11 is 6.30. The molecule has 1 fully saturated rings. The summed E-state index contributed by atoms with van der Waals surface area (Å²) in [4.78, 5) is 0.149. The predicted octanol–water partition coefficient (Wildman–Crippen LogP) is 2.99. The van der Waals surface area contributed by atoms with E-state index < -0.39 is 10.0 Å². The van der Waals surface area contributed by atoms with Gasteiger partial charge < -0.3 is 10.1 Å². The number of nitrogens with zero attached hydrogens (tertiary/aromatic N) is 1. The molecule has 1 atom stereocenters. The highest BCUT2D eigenvalue weighted by Gasteiger charge is 2.36. The third-order valence-electron chi connectivity index (χ3n) is 4.44. The number of methoxy groups -OCH3 is 1. The Morgan fingerprint density at radius 1 is 1.20 bits per heavy atom. The number of ether oxygens (including phenoxy) is 1. The molecule has 0 aliphatic carbocycles. The van der Waals surface area contributed by atoms with Crippen molar-refractivity contribution in [3.8, 4) is 5.75 Å². The molecule has 3 rings (SSSR count). The molecule has 0 spiro atoms. The van der Waals surface area contributed by atoms with Gasteiger partial charge in [-0.2, -0.15) is 4.31 Å². The molecule has 0 aromatic heterocycles. The van der Waals surface area contributed by atoms with Crippen molar-refractivity contribution in [2.45, 2.75) is 17.9 Å². The van der Waals surface area contributed by atoms with Gasteiger partial charge in [0.25, 0.3) is 0 Å².